The molecule has 2 heterocycles. The Labute approximate surface area is 183 Å². The Hall–Kier alpha value is -3.26. The van der Waals surface area contributed by atoms with Crippen molar-refractivity contribution in [1.82, 2.24) is 4.98 Å². The van der Waals surface area contributed by atoms with E-state index in [1.54, 1.807) is 0 Å². The lowest BCUT2D eigenvalue weighted by molar-refractivity contribution is -0.659. The van der Waals surface area contributed by atoms with Crippen molar-refractivity contribution in [1.29, 1.82) is 0 Å². The van der Waals surface area contributed by atoms with Gasteiger partial charge in [-0.1, -0.05) is 62.3 Å². The largest absolute Gasteiger partial charge is 0.257 e. The van der Waals surface area contributed by atoms with Gasteiger partial charge in [-0.05, 0) is 48.2 Å². The minimum Gasteiger partial charge on any atom is -0.257 e. The second kappa shape index (κ2) is 6.63. The van der Waals surface area contributed by atoms with Crippen LogP contribution in [-0.2, 0) is 12.5 Å². The number of hydrogen-bond donors (Lipinski definition) is 0. The van der Waals surface area contributed by atoms with Crippen molar-refractivity contribution in [2.75, 3.05) is 0 Å². The molecule has 1 aliphatic carbocycles. The molecule has 4 aromatic rings. The molecule has 0 aliphatic heterocycles. The van der Waals surface area contributed by atoms with Crippen LogP contribution in [0.25, 0.3) is 33.5 Å². The highest BCUT2D eigenvalue weighted by Crippen LogP contribution is 2.51. The Kier molecular flexibility index (Phi) is 3.44. The number of pyridine rings is 2. The van der Waals surface area contributed by atoms with Gasteiger partial charge >= 0.3 is 0 Å². The second-order valence-electron chi connectivity index (χ2n) is 8.43. The predicted molar refractivity (Wildman–Crippen MR) is 123 cm³/mol. The minimum atomic E-state index is -2.25. The van der Waals surface area contributed by atoms with Gasteiger partial charge in [0, 0.05) is 32.4 Å². The van der Waals surface area contributed by atoms with Gasteiger partial charge in [-0.2, -0.15) is 0 Å². The van der Waals surface area contributed by atoms with E-state index >= 15 is 0 Å². The highest BCUT2D eigenvalue weighted by molar-refractivity contribution is 5.87. The lowest BCUT2D eigenvalue weighted by Gasteiger charge is -2.24. The number of benzene rings is 2. The van der Waals surface area contributed by atoms with Crippen molar-refractivity contribution >= 4 is 0 Å². The van der Waals surface area contributed by atoms with E-state index in [-0.39, 0.29) is 0 Å². The van der Waals surface area contributed by atoms with Gasteiger partial charge in [-0.25, -0.2) is 4.57 Å². The third kappa shape index (κ3) is 2.71. The van der Waals surface area contributed by atoms with Gasteiger partial charge in [0.25, 0.3) is 0 Å². The Balaban J connectivity index is 1.80. The molecule has 2 heteroatoms. The van der Waals surface area contributed by atoms with Crippen molar-refractivity contribution in [2.45, 2.75) is 33.0 Å². The highest BCUT2D eigenvalue weighted by atomic mass is 14.9. The first kappa shape index (κ1) is 15.6. The molecule has 1 unspecified atom stereocenters. The number of nitrogens with zero attached hydrogens (tertiary/aromatic N) is 2. The van der Waals surface area contributed by atoms with Crippen molar-refractivity contribution < 1.29 is 8.68 Å². The van der Waals surface area contributed by atoms with Crippen molar-refractivity contribution in [3.8, 4) is 33.5 Å². The van der Waals surface area contributed by atoms with E-state index in [0.29, 0.717) is 5.69 Å². The molecule has 0 N–H and O–H groups in total. The second-order valence-corrected chi connectivity index (χ2v) is 8.43. The molecule has 0 amide bonds. The first-order chi connectivity index (χ1) is 15.6. The van der Waals surface area contributed by atoms with Gasteiger partial charge in [-0.3, -0.25) is 4.98 Å². The molecule has 0 saturated heterocycles. The standard InChI is InChI=1S/C28H27N2/c1-18-11-14-22-23-15-12-19(2)29-27(23)28(3,4)26(22)25(18)24-16-13-21(17-30(24)5)20-9-7-6-8-10-20/h6-17H,1-5H3/q+1/i3D3. The summed E-state index contributed by atoms with van der Waals surface area (Å²) in [5.74, 6) is 0. The third-order valence-corrected chi connectivity index (χ3v) is 6.21. The summed E-state index contributed by atoms with van der Waals surface area (Å²) in [5, 5.41) is 0. The fraction of sp³-hybridized carbons (Fsp3) is 0.214. The Bertz CT molecular complexity index is 1390. The number of rotatable bonds is 2. The fourth-order valence-electron chi connectivity index (χ4n) is 4.72. The lowest BCUT2D eigenvalue weighted by atomic mass is 9.80. The maximum Gasteiger partial charge on any atom is 0.212 e. The summed E-state index contributed by atoms with van der Waals surface area (Å²) in [6.07, 6.45) is 2.11. The molecular weight excluding hydrogens is 364 g/mol. The Morgan fingerprint density at radius 2 is 1.63 bits per heavy atom. The van der Waals surface area contributed by atoms with Gasteiger partial charge < -0.3 is 0 Å². The van der Waals surface area contributed by atoms with Crippen LogP contribution < -0.4 is 4.57 Å². The summed E-state index contributed by atoms with van der Waals surface area (Å²) in [4.78, 5) is 4.76. The molecule has 0 bridgehead atoms. The molecule has 2 aromatic carbocycles. The zero-order valence-corrected chi connectivity index (χ0v) is 17.8. The molecular formula is C28H27N2+. The molecule has 5 rings (SSSR count). The van der Waals surface area contributed by atoms with E-state index in [1.165, 1.54) is 0 Å². The van der Waals surface area contributed by atoms with E-state index in [4.69, 9.17) is 9.10 Å². The smallest absolute Gasteiger partial charge is 0.212 e. The van der Waals surface area contributed by atoms with Crippen LogP contribution >= 0.6 is 0 Å². The van der Waals surface area contributed by atoms with E-state index in [1.807, 2.05) is 51.2 Å². The summed E-state index contributed by atoms with van der Waals surface area (Å²) < 4.78 is 27.8. The topological polar surface area (TPSA) is 16.8 Å². The molecule has 0 spiro atoms. The average Bonchev–Trinajstić information content (AvgIpc) is 3.04. The van der Waals surface area contributed by atoms with Crippen LogP contribution in [0.3, 0.4) is 0 Å². The van der Waals surface area contributed by atoms with E-state index < -0.39 is 12.3 Å². The summed E-state index contributed by atoms with van der Waals surface area (Å²) in [6.45, 7) is 3.55. The van der Waals surface area contributed by atoms with Crippen LogP contribution in [0.5, 0.6) is 0 Å². The number of fused-ring (bicyclic) bond motifs is 3. The maximum absolute atomic E-state index is 8.57. The quantitative estimate of drug-likeness (QED) is 0.372. The fourth-order valence-corrected chi connectivity index (χ4v) is 4.72. The van der Waals surface area contributed by atoms with Gasteiger partial charge in [0.2, 0.25) is 5.69 Å². The molecule has 30 heavy (non-hydrogen) atoms. The third-order valence-electron chi connectivity index (χ3n) is 6.21. The number of aromatic nitrogens is 2. The zero-order chi connectivity index (χ0) is 23.5. The summed E-state index contributed by atoms with van der Waals surface area (Å²) in [7, 11) is 2.03. The van der Waals surface area contributed by atoms with Gasteiger partial charge in [0.1, 0.15) is 7.05 Å². The SMILES string of the molecule is [2H]C([2H])([2H])C1(C)c2nc(C)ccc2-c2ccc(C)c(-c3ccc(-c4ccccc4)c[n+]3C)c21. The minimum absolute atomic E-state index is 0.646. The van der Waals surface area contributed by atoms with Gasteiger partial charge in [-0.15, -0.1) is 0 Å². The lowest BCUT2D eigenvalue weighted by Crippen LogP contribution is -2.32. The Morgan fingerprint density at radius 3 is 2.37 bits per heavy atom. The normalized spacial score (nSPS) is 18.9. The van der Waals surface area contributed by atoms with Crippen LogP contribution in [0.15, 0.2) is 72.9 Å². The molecule has 2 nitrogen and oxygen atoms in total. The first-order valence-corrected chi connectivity index (χ1v) is 10.3. The maximum atomic E-state index is 8.57. The van der Waals surface area contributed by atoms with Crippen LogP contribution in [0.4, 0.5) is 0 Å². The monoisotopic (exact) mass is 394 g/mol. The number of hydrogen-bond acceptors (Lipinski definition) is 1. The number of aryl methyl sites for hydroxylation is 3. The summed E-state index contributed by atoms with van der Waals surface area (Å²) >= 11 is 0. The molecule has 1 aliphatic rings. The van der Waals surface area contributed by atoms with Crippen molar-refractivity contribution in [3.05, 3.63) is 95.4 Å². The van der Waals surface area contributed by atoms with Crippen molar-refractivity contribution in [2.24, 2.45) is 7.05 Å². The Morgan fingerprint density at radius 1 is 0.867 bits per heavy atom. The molecule has 0 radical (unpaired) electrons. The predicted octanol–water partition coefficient (Wildman–Crippen LogP) is 6.16. The zero-order valence-electron chi connectivity index (χ0n) is 20.8. The summed E-state index contributed by atoms with van der Waals surface area (Å²) in [6, 6.07) is 22.6. The summed E-state index contributed by atoms with van der Waals surface area (Å²) in [5.41, 5.74) is 8.28. The van der Waals surface area contributed by atoms with Gasteiger partial charge in [0.15, 0.2) is 6.20 Å². The van der Waals surface area contributed by atoms with E-state index in [9.17, 15) is 0 Å². The van der Waals surface area contributed by atoms with Crippen LogP contribution in [-0.4, -0.2) is 4.98 Å². The molecule has 2 aromatic heterocycles. The van der Waals surface area contributed by atoms with E-state index in [0.717, 1.165) is 50.3 Å². The highest BCUT2D eigenvalue weighted by Gasteiger charge is 2.41. The van der Waals surface area contributed by atoms with Gasteiger partial charge in [0.05, 0.1) is 11.3 Å². The average molecular weight is 395 g/mol. The van der Waals surface area contributed by atoms with E-state index in [2.05, 4.69) is 54.1 Å². The van der Waals surface area contributed by atoms with Crippen molar-refractivity contribution in [3.63, 3.8) is 0 Å². The van der Waals surface area contributed by atoms with Crippen LogP contribution in [0, 0.1) is 13.8 Å². The molecule has 0 fully saturated rings. The molecule has 148 valence electrons. The van der Waals surface area contributed by atoms with Crippen LogP contribution in [0.2, 0.25) is 0 Å². The molecule has 1 atom stereocenters. The van der Waals surface area contributed by atoms with Crippen LogP contribution in [0.1, 0.15) is 40.4 Å². The molecule has 0 saturated carbocycles. The first-order valence-electron chi connectivity index (χ1n) is 11.8.